The second-order valence-electron chi connectivity index (χ2n) is 4.62. The van der Waals surface area contributed by atoms with Crippen molar-refractivity contribution in [3.05, 3.63) is 28.8 Å². The van der Waals surface area contributed by atoms with Crippen LogP contribution in [0.1, 0.15) is 18.9 Å². The van der Waals surface area contributed by atoms with Crippen molar-refractivity contribution in [1.82, 2.24) is 0 Å². The molecule has 1 N–H and O–H groups in total. The van der Waals surface area contributed by atoms with E-state index < -0.39 is 40.4 Å². The second kappa shape index (κ2) is 7.68. The number of anilines is 1. The van der Waals surface area contributed by atoms with Crippen molar-refractivity contribution in [2.24, 2.45) is 5.16 Å². The third-order valence-electron chi connectivity index (χ3n) is 2.60. The zero-order valence-electron chi connectivity index (χ0n) is 12.4. The third kappa shape index (κ3) is 6.61. The molecule has 0 spiro atoms. The minimum atomic E-state index is -5.70. The van der Waals surface area contributed by atoms with Gasteiger partial charge in [0.05, 0.1) is 17.8 Å². The van der Waals surface area contributed by atoms with Gasteiger partial charge in [0.2, 0.25) is 0 Å². The summed E-state index contributed by atoms with van der Waals surface area (Å²) in [5, 5.41) is 3.37. The van der Waals surface area contributed by atoms with Crippen molar-refractivity contribution in [1.29, 1.82) is 0 Å². The number of hydrogen-bond donors (Lipinski definition) is 1. The van der Waals surface area contributed by atoms with E-state index in [4.69, 9.17) is 11.6 Å². The normalized spacial score (nSPS) is 13.7. The van der Waals surface area contributed by atoms with Gasteiger partial charge in [0.1, 0.15) is 6.61 Å². The number of benzene rings is 1. The van der Waals surface area contributed by atoms with E-state index in [1.54, 1.807) is 0 Å². The first kappa shape index (κ1) is 21.4. The van der Waals surface area contributed by atoms with E-state index in [9.17, 15) is 34.8 Å². The molecule has 1 rings (SSSR count). The van der Waals surface area contributed by atoms with Gasteiger partial charge in [-0.25, -0.2) is 0 Å². The van der Waals surface area contributed by atoms with Gasteiger partial charge >= 0.3 is 21.7 Å². The summed E-state index contributed by atoms with van der Waals surface area (Å²) in [6, 6.07) is 3.16. The quantitative estimate of drug-likeness (QED) is 0.328. The minimum Gasteiger partial charge on any atom is -0.395 e. The van der Waals surface area contributed by atoms with Crippen LogP contribution in [0.2, 0.25) is 5.02 Å². The molecule has 0 fully saturated rings. The van der Waals surface area contributed by atoms with E-state index in [1.165, 1.54) is 11.6 Å². The highest BCUT2D eigenvalue weighted by molar-refractivity contribution is 7.93. The summed E-state index contributed by atoms with van der Waals surface area (Å²) < 4.78 is 97.0. The zero-order valence-corrected chi connectivity index (χ0v) is 13.9. The van der Waals surface area contributed by atoms with Crippen LogP contribution in [0.3, 0.4) is 0 Å². The zero-order chi connectivity index (χ0) is 19.5. The molecule has 0 saturated heterocycles. The molecule has 0 heterocycles. The lowest BCUT2D eigenvalue weighted by Gasteiger charge is -2.14. The van der Waals surface area contributed by atoms with Crippen LogP contribution in [-0.4, -0.2) is 32.4 Å². The number of rotatable bonds is 6. The van der Waals surface area contributed by atoms with Crippen molar-refractivity contribution in [3.63, 3.8) is 0 Å². The van der Waals surface area contributed by atoms with Crippen LogP contribution in [0, 0.1) is 0 Å². The molecule has 0 saturated carbocycles. The van der Waals surface area contributed by atoms with Crippen LogP contribution in [0.5, 0.6) is 0 Å². The molecule has 0 radical (unpaired) electrons. The molecule has 0 atom stereocenters. The first-order valence-corrected chi connectivity index (χ1v) is 8.21. The van der Waals surface area contributed by atoms with Gasteiger partial charge in [0, 0.05) is 10.6 Å². The van der Waals surface area contributed by atoms with Gasteiger partial charge in [0.25, 0.3) is 0 Å². The molecule has 13 heteroatoms. The van der Waals surface area contributed by atoms with Crippen LogP contribution in [0.25, 0.3) is 0 Å². The predicted molar refractivity (Wildman–Crippen MR) is 78.9 cm³/mol. The lowest BCUT2D eigenvalue weighted by atomic mass is 10.1. The molecule has 0 aliphatic heterocycles. The van der Waals surface area contributed by atoms with Gasteiger partial charge in [-0.2, -0.15) is 34.8 Å². The molecular weight excluding hydrogens is 402 g/mol. The van der Waals surface area contributed by atoms with Crippen LogP contribution >= 0.6 is 11.6 Å². The number of nitrogens with one attached hydrogen (secondary N) is 1. The summed E-state index contributed by atoms with van der Waals surface area (Å²) in [6.45, 7) is 0.385. The van der Waals surface area contributed by atoms with Gasteiger partial charge in [-0.1, -0.05) is 16.8 Å². The summed E-state index contributed by atoms with van der Waals surface area (Å²) in [7, 11) is -5.70. The first-order valence-electron chi connectivity index (χ1n) is 6.35. The van der Waals surface area contributed by atoms with Gasteiger partial charge in [-0.15, -0.1) is 0 Å². The van der Waals surface area contributed by atoms with Crippen molar-refractivity contribution >= 4 is 33.0 Å². The number of oxime groups is 1. The van der Waals surface area contributed by atoms with Crippen LogP contribution in [0.15, 0.2) is 23.4 Å². The van der Waals surface area contributed by atoms with E-state index in [-0.39, 0.29) is 16.3 Å². The van der Waals surface area contributed by atoms with Crippen molar-refractivity contribution in [3.8, 4) is 0 Å². The van der Waals surface area contributed by atoms with Gasteiger partial charge in [0.15, 0.2) is 0 Å². The highest BCUT2D eigenvalue weighted by Gasteiger charge is 2.46. The molecule has 0 amide bonds. The monoisotopic (exact) mass is 412 g/mol. The number of nitrogens with zero attached hydrogens (tertiary/aromatic N) is 1. The van der Waals surface area contributed by atoms with E-state index in [0.29, 0.717) is 0 Å². The highest BCUT2D eigenvalue weighted by atomic mass is 35.5. The topological polar surface area (TPSA) is 67.8 Å². The van der Waals surface area contributed by atoms with Crippen LogP contribution in [0.4, 0.5) is 32.0 Å². The van der Waals surface area contributed by atoms with Gasteiger partial charge in [-0.05, 0) is 25.1 Å². The Morgan fingerprint density at radius 1 is 1.24 bits per heavy atom. The molecule has 0 bridgehead atoms. The molecule has 0 aliphatic rings. The van der Waals surface area contributed by atoms with E-state index in [2.05, 4.69) is 9.99 Å². The van der Waals surface area contributed by atoms with Crippen molar-refractivity contribution in [2.75, 3.05) is 11.3 Å². The third-order valence-corrected chi connectivity index (χ3v) is 3.93. The average molecular weight is 413 g/mol. The Kier molecular flexibility index (Phi) is 6.56. The second-order valence-corrected chi connectivity index (χ2v) is 6.73. The molecule has 0 unspecified atom stereocenters. The minimum absolute atomic E-state index is 0.0369. The molecule has 1 aromatic carbocycles. The summed E-state index contributed by atoms with van der Waals surface area (Å²) >= 11 is 5.70. The Labute approximate surface area is 143 Å². The Bertz CT molecular complexity index is 746. The smallest absolute Gasteiger partial charge is 0.395 e. The fourth-order valence-corrected chi connectivity index (χ4v) is 2.22. The molecule has 142 valence electrons. The maximum atomic E-state index is 12.5. The summed E-state index contributed by atoms with van der Waals surface area (Å²) in [4.78, 5) is 4.44. The van der Waals surface area contributed by atoms with Crippen LogP contribution < -0.4 is 4.72 Å². The van der Waals surface area contributed by atoms with Crippen molar-refractivity contribution in [2.45, 2.75) is 25.0 Å². The fraction of sp³-hybridized carbons (Fsp3) is 0.417. The lowest BCUT2D eigenvalue weighted by Crippen LogP contribution is -2.30. The molecule has 0 aromatic heterocycles. The molecule has 25 heavy (non-hydrogen) atoms. The number of alkyl halides is 6. The molecule has 0 aliphatic carbocycles. The number of halogens is 7. The van der Waals surface area contributed by atoms with Crippen LogP contribution in [-0.2, 0) is 14.9 Å². The lowest BCUT2D eigenvalue weighted by molar-refractivity contribution is -0.145. The Morgan fingerprint density at radius 3 is 2.36 bits per heavy atom. The number of hydrogen-bond acceptors (Lipinski definition) is 4. The average Bonchev–Trinajstić information content (AvgIpc) is 2.43. The Balaban J connectivity index is 3.05. The standard InChI is InChI=1S/C12H11ClF6N2O3S/c1-7(20-24-5-4-11(14,15)16)9-6-8(13)2-3-10(9)21-25(22,23)12(17,18)19/h2-3,6,21H,4-5H2,1H3/b20-7+. The maximum Gasteiger partial charge on any atom is 0.516 e. The molecule has 5 nitrogen and oxygen atoms in total. The van der Waals surface area contributed by atoms with Gasteiger partial charge < -0.3 is 4.84 Å². The number of sulfonamides is 1. The van der Waals surface area contributed by atoms with E-state index in [1.807, 2.05) is 0 Å². The summed E-state index contributed by atoms with van der Waals surface area (Å²) in [6.07, 6.45) is -5.75. The van der Waals surface area contributed by atoms with Gasteiger partial charge in [-0.3, -0.25) is 4.72 Å². The SMILES string of the molecule is C/C(=N\OCCC(F)(F)F)c1cc(Cl)ccc1NS(=O)(=O)C(F)(F)F. The Hall–Kier alpha value is -1.69. The van der Waals surface area contributed by atoms with Crippen molar-refractivity contribution < 1.29 is 39.6 Å². The Morgan fingerprint density at radius 2 is 1.84 bits per heavy atom. The molecule has 1 aromatic rings. The first-order chi connectivity index (χ1) is 11.2. The largest absolute Gasteiger partial charge is 0.516 e. The van der Waals surface area contributed by atoms with E-state index >= 15 is 0 Å². The van der Waals surface area contributed by atoms with E-state index in [0.717, 1.165) is 18.2 Å². The molecular formula is C12H11ClF6N2O3S. The highest BCUT2D eigenvalue weighted by Crippen LogP contribution is 2.29. The summed E-state index contributed by atoms with van der Waals surface area (Å²) in [5.74, 6) is 0. The summed E-state index contributed by atoms with van der Waals surface area (Å²) in [5.41, 5.74) is -6.43. The maximum absolute atomic E-state index is 12.5. The predicted octanol–water partition coefficient (Wildman–Crippen LogP) is 4.29. The fourth-order valence-electron chi connectivity index (χ4n) is 1.46.